The molecule has 0 bridgehead atoms. The highest BCUT2D eigenvalue weighted by molar-refractivity contribution is 7.89. The van der Waals surface area contributed by atoms with Crippen LogP contribution in [0.25, 0.3) is 0 Å². The summed E-state index contributed by atoms with van der Waals surface area (Å²) in [7, 11) is -4.35. The van der Waals surface area contributed by atoms with Gasteiger partial charge < -0.3 is 5.11 Å². The van der Waals surface area contributed by atoms with Crippen LogP contribution in [0.1, 0.15) is 19.8 Å². The molecule has 1 aromatic carbocycles. The van der Waals surface area contributed by atoms with Gasteiger partial charge in [-0.15, -0.1) is 0 Å². The summed E-state index contributed by atoms with van der Waals surface area (Å²) in [4.78, 5) is -1.13. The standard InChI is InChI=1S/C13H16F3NO3S/c1-8(18)9-2-4-17(5-3-9)21(19,20)13-11(15)6-10(14)7-12(13)16/h6-9,18H,2-5H2,1H3. The fraction of sp³-hybridized carbons (Fsp3) is 0.538. The molecule has 1 N–H and O–H groups in total. The number of nitrogens with zero attached hydrogens (tertiary/aromatic N) is 1. The van der Waals surface area contributed by atoms with Crippen LogP contribution in [-0.4, -0.2) is 37.0 Å². The van der Waals surface area contributed by atoms with Crippen molar-refractivity contribution in [2.75, 3.05) is 13.1 Å². The van der Waals surface area contributed by atoms with Crippen molar-refractivity contribution >= 4 is 10.0 Å². The monoisotopic (exact) mass is 323 g/mol. The third-order valence-electron chi connectivity index (χ3n) is 3.74. The summed E-state index contributed by atoms with van der Waals surface area (Å²) < 4.78 is 65.7. The first-order valence-corrected chi connectivity index (χ1v) is 8.00. The van der Waals surface area contributed by atoms with E-state index in [4.69, 9.17) is 0 Å². The van der Waals surface area contributed by atoms with E-state index in [1.807, 2.05) is 0 Å². The molecule has 1 aromatic rings. The molecular weight excluding hydrogens is 307 g/mol. The first-order chi connectivity index (χ1) is 9.73. The molecule has 1 atom stereocenters. The minimum Gasteiger partial charge on any atom is -0.393 e. The molecule has 0 radical (unpaired) electrons. The van der Waals surface area contributed by atoms with Crippen molar-refractivity contribution in [3.8, 4) is 0 Å². The van der Waals surface area contributed by atoms with Gasteiger partial charge in [0.1, 0.15) is 17.5 Å². The number of sulfonamides is 1. The molecule has 118 valence electrons. The van der Waals surface area contributed by atoms with Crippen molar-refractivity contribution in [2.45, 2.75) is 30.8 Å². The van der Waals surface area contributed by atoms with Crippen LogP contribution in [0.2, 0.25) is 0 Å². The van der Waals surface area contributed by atoms with Gasteiger partial charge in [0.2, 0.25) is 10.0 Å². The van der Waals surface area contributed by atoms with E-state index in [-0.39, 0.29) is 19.0 Å². The van der Waals surface area contributed by atoms with E-state index >= 15 is 0 Å². The smallest absolute Gasteiger partial charge is 0.248 e. The Balaban J connectivity index is 2.28. The molecular formula is C13H16F3NO3S. The Hall–Kier alpha value is -1.12. The van der Waals surface area contributed by atoms with Gasteiger partial charge in [0, 0.05) is 25.2 Å². The highest BCUT2D eigenvalue weighted by Gasteiger charge is 2.34. The second-order valence-corrected chi connectivity index (χ2v) is 7.06. The number of rotatable bonds is 3. The molecule has 0 aromatic heterocycles. The maximum absolute atomic E-state index is 13.6. The quantitative estimate of drug-likeness (QED) is 0.924. The fourth-order valence-electron chi connectivity index (χ4n) is 2.50. The third-order valence-corrected chi connectivity index (χ3v) is 5.69. The molecule has 2 rings (SSSR count). The lowest BCUT2D eigenvalue weighted by molar-refractivity contribution is 0.0911. The minimum atomic E-state index is -4.35. The molecule has 0 saturated carbocycles. The lowest BCUT2D eigenvalue weighted by Crippen LogP contribution is -2.41. The average molecular weight is 323 g/mol. The van der Waals surface area contributed by atoms with Crippen molar-refractivity contribution in [1.82, 2.24) is 4.31 Å². The first kappa shape index (κ1) is 16.3. The number of benzene rings is 1. The van der Waals surface area contributed by atoms with Crippen molar-refractivity contribution in [3.05, 3.63) is 29.6 Å². The minimum absolute atomic E-state index is 0.0423. The second-order valence-electron chi connectivity index (χ2n) is 5.18. The van der Waals surface area contributed by atoms with Gasteiger partial charge in [-0.05, 0) is 25.7 Å². The lowest BCUT2D eigenvalue weighted by Gasteiger charge is -2.32. The van der Waals surface area contributed by atoms with Crippen LogP contribution in [0, 0.1) is 23.4 Å². The molecule has 0 spiro atoms. The number of aliphatic hydroxyl groups is 1. The Labute approximate surface area is 121 Å². The third kappa shape index (κ3) is 3.22. The first-order valence-electron chi connectivity index (χ1n) is 6.56. The second kappa shape index (κ2) is 5.94. The Morgan fingerprint density at radius 3 is 2.10 bits per heavy atom. The molecule has 0 amide bonds. The maximum Gasteiger partial charge on any atom is 0.248 e. The molecule has 1 fully saturated rings. The molecule has 1 unspecified atom stereocenters. The average Bonchev–Trinajstić information content (AvgIpc) is 2.37. The maximum atomic E-state index is 13.6. The summed E-state index contributed by atoms with van der Waals surface area (Å²) >= 11 is 0. The molecule has 8 heteroatoms. The van der Waals surface area contributed by atoms with E-state index < -0.39 is 38.5 Å². The van der Waals surface area contributed by atoms with Gasteiger partial charge in [-0.1, -0.05) is 0 Å². The summed E-state index contributed by atoms with van der Waals surface area (Å²) in [6.45, 7) is 1.75. The Morgan fingerprint density at radius 1 is 1.19 bits per heavy atom. The molecule has 1 aliphatic heterocycles. The summed E-state index contributed by atoms with van der Waals surface area (Å²) in [6, 6.07) is 0.691. The summed E-state index contributed by atoms with van der Waals surface area (Å²) in [5.74, 6) is -4.09. The number of hydrogen-bond donors (Lipinski definition) is 1. The van der Waals surface area contributed by atoms with Crippen LogP contribution in [0.15, 0.2) is 17.0 Å². The fourth-order valence-corrected chi connectivity index (χ4v) is 4.06. The van der Waals surface area contributed by atoms with Gasteiger partial charge in [0.15, 0.2) is 4.90 Å². The van der Waals surface area contributed by atoms with Gasteiger partial charge in [-0.3, -0.25) is 0 Å². The van der Waals surface area contributed by atoms with Crippen molar-refractivity contribution in [1.29, 1.82) is 0 Å². The van der Waals surface area contributed by atoms with Crippen molar-refractivity contribution < 1.29 is 26.7 Å². The van der Waals surface area contributed by atoms with Gasteiger partial charge in [0.25, 0.3) is 0 Å². The Morgan fingerprint density at radius 2 is 1.67 bits per heavy atom. The number of aliphatic hydroxyl groups excluding tert-OH is 1. The zero-order valence-electron chi connectivity index (χ0n) is 11.4. The number of hydrogen-bond acceptors (Lipinski definition) is 3. The van der Waals surface area contributed by atoms with E-state index in [9.17, 15) is 26.7 Å². The summed E-state index contributed by atoms with van der Waals surface area (Å²) in [5, 5.41) is 9.47. The highest BCUT2D eigenvalue weighted by Crippen LogP contribution is 2.28. The zero-order chi connectivity index (χ0) is 15.8. The molecule has 4 nitrogen and oxygen atoms in total. The van der Waals surface area contributed by atoms with Crippen LogP contribution < -0.4 is 0 Å². The number of piperidine rings is 1. The topological polar surface area (TPSA) is 57.6 Å². The zero-order valence-corrected chi connectivity index (χ0v) is 12.2. The largest absolute Gasteiger partial charge is 0.393 e. The van der Waals surface area contributed by atoms with E-state index in [1.165, 1.54) is 0 Å². The van der Waals surface area contributed by atoms with Crippen LogP contribution in [0.5, 0.6) is 0 Å². The van der Waals surface area contributed by atoms with Crippen LogP contribution in [0.4, 0.5) is 13.2 Å². The van der Waals surface area contributed by atoms with E-state index in [0.29, 0.717) is 25.0 Å². The molecule has 1 aliphatic rings. The molecule has 21 heavy (non-hydrogen) atoms. The summed E-state index contributed by atoms with van der Waals surface area (Å²) in [5.41, 5.74) is 0. The van der Waals surface area contributed by atoms with Gasteiger partial charge in [0.05, 0.1) is 6.10 Å². The lowest BCUT2D eigenvalue weighted by atomic mass is 9.93. The SMILES string of the molecule is CC(O)C1CCN(S(=O)(=O)c2c(F)cc(F)cc2F)CC1. The van der Waals surface area contributed by atoms with Gasteiger partial charge in [-0.25, -0.2) is 21.6 Å². The van der Waals surface area contributed by atoms with E-state index in [0.717, 1.165) is 4.31 Å². The van der Waals surface area contributed by atoms with Gasteiger partial charge >= 0.3 is 0 Å². The molecule has 1 saturated heterocycles. The summed E-state index contributed by atoms with van der Waals surface area (Å²) in [6.07, 6.45) is 0.247. The van der Waals surface area contributed by atoms with E-state index in [1.54, 1.807) is 6.92 Å². The predicted octanol–water partition coefficient (Wildman–Crippen LogP) is 1.89. The Kier molecular flexibility index (Phi) is 4.60. The molecule has 0 aliphatic carbocycles. The number of halogens is 3. The van der Waals surface area contributed by atoms with Crippen LogP contribution in [-0.2, 0) is 10.0 Å². The predicted molar refractivity (Wildman–Crippen MR) is 69.5 cm³/mol. The van der Waals surface area contributed by atoms with Crippen LogP contribution >= 0.6 is 0 Å². The normalized spacial score (nSPS) is 19.7. The van der Waals surface area contributed by atoms with Crippen molar-refractivity contribution in [2.24, 2.45) is 5.92 Å². The highest BCUT2D eigenvalue weighted by atomic mass is 32.2. The van der Waals surface area contributed by atoms with Crippen LogP contribution in [0.3, 0.4) is 0 Å². The Bertz CT molecular complexity index is 603. The van der Waals surface area contributed by atoms with Crippen molar-refractivity contribution in [3.63, 3.8) is 0 Å². The van der Waals surface area contributed by atoms with E-state index in [2.05, 4.69) is 0 Å². The molecule has 1 heterocycles. The van der Waals surface area contributed by atoms with Gasteiger partial charge in [-0.2, -0.15) is 4.31 Å².